The number of aliphatic imine (C=N–C) groups is 1. The van der Waals surface area contributed by atoms with Crippen LogP contribution in [0, 0.1) is 11.8 Å². The highest BCUT2D eigenvalue weighted by atomic mass is 16.5. The second-order valence-corrected chi connectivity index (χ2v) is 6.35. The van der Waals surface area contributed by atoms with Crippen molar-refractivity contribution in [2.24, 2.45) is 16.8 Å². The third-order valence-electron chi connectivity index (χ3n) is 4.14. The minimum absolute atomic E-state index is 0.384. The van der Waals surface area contributed by atoms with Crippen molar-refractivity contribution in [2.45, 2.75) is 39.7 Å². The molecule has 2 N–H and O–H groups in total. The molecule has 1 fully saturated rings. The summed E-state index contributed by atoms with van der Waals surface area (Å²) in [4.78, 5) is 4.73. The van der Waals surface area contributed by atoms with E-state index in [4.69, 9.17) is 14.1 Å². The second kappa shape index (κ2) is 8.83. The van der Waals surface area contributed by atoms with Crippen molar-refractivity contribution >= 4 is 5.96 Å². The highest BCUT2D eigenvalue weighted by Gasteiger charge is 2.16. The molecule has 0 aromatic carbocycles. The van der Waals surface area contributed by atoms with E-state index in [0.29, 0.717) is 17.9 Å². The Morgan fingerprint density at radius 1 is 1.41 bits per heavy atom. The Balaban J connectivity index is 1.83. The van der Waals surface area contributed by atoms with Gasteiger partial charge in [-0.2, -0.15) is 0 Å². The van der Waals surface area contributed by atoms with E-state index in [-0.39, 0.29) is 0 Å². The molecule has 124 valence electrons. The minimum Gasteiger partial charge on any atom is -0.469 e. The van der Waals surface area contributed by atoms with Gasteiger partial charge in [0.2, 0.25) is 0 Å². The van der Waals surface area contributed by atoms with Crippen molar-refractivity contribution in [1.29, 1.82) is 0 Å². The number of furan rings is 1. The molecular formula is C17H29N3O2. The lowest BCUT2D eigenvalue weighted by Crippen LogP contribution is -2.45. The first-order valence-corrected chi connectivity index (χ1v) is 8.30. The van der Waals surface area contributed by atoms with Crippen LogP contribution in [-0.2, 0) is 11.2 Å². The summed E-state index contributed by atoms with van der Waals surface area (Å²) in [7, 11) is 0. The van der Waals surface area contributed by atoms with E-state index in [1.165, 1.54) is 0 Å². The summed E-state index contributed by atoms with van der Waals surface area (Å²) < 4.78 is 10.8. The number of guanidine groups is 1. The van der Waals surface area contributed by atoms with Crippen LogP contribution in [0.2, 0.25) is 0 Å². The zero-order chi connectivity index (χ0) is 15.8. The third kappa shape index (κ3) is 5.72. The van der Waals surface area contributed by atoms with Gasteiger partial charge in [0, 0.05) is 38.1 Å². The molecule has 0 bridgehead atoms. The molecule has 5 nitrogen and oxygen atoms in total. The normalized spacial score (nSPS) is 20.4. The zero-order valence-electron chi connectivity index (χ0n) is 14.0. The van der Waals surface area contributed by atoms with Gasteiger partial charge in [0.05, 0.1) is 12.9 Å². The van der Waals surface area contributed by atoms with Crippen LogP contribution in [0.1, 0.15) is 33.0 Å². The topological polar surface area (TPSA) is 58.8 Å². The van der Waals surface area contributed by atoms with Gasteiger partial charge in [-0.05, 0) is 31.4 Å². The van der Waals surface area contributed by atoms with Gasteiger partial charge < -0.3 is 19.8 Å². The number of hydrogen-bond acceptors (Lipinski definition) is 3. The first-order chi connectivity index (χ1) is 10.6. The van der Waals surface area contributed by atoms with Crippen molar-refractivity contribution in [1.82, 2.24) is 10.6 Å². The Bertz CT molecular complexity index is 437. The summed E-state index contributed by atoms with van der Waals surface area (Å²) in [6.45, 7) is 9.95. The van der Waals surface area contributed by atoms with E-state index < -0.39 is 0 Å². The van der Waals surface area contributed by atoms with Crippen LogP contribution in [0.3, 0.4) is 0 Å². The quantitative estimate of drug-likeness (QED) is 0.600. The van der Waals surface area contributed by atoms with Gasteiger partial charge in [0.1, 0.15) is 5.76 Å². The molecule has 1 saturated heterocycles. The van der Waals surface area contributed by atoms with Gasteiger partial charge in [0.15, 0.2) is 5.96 Å². The first kappa shape index (κ1) is 16.9. The Morgan fingerprint density at radius 2 is 2.27 bits per heavy atom. The van der Waals surface area contributed by atoms with E-state index in [2.05, 4.69) is 31.4 Å². The molecular weight excluding hydrogens is 278 g/mol. The monoisotopic (exact) mass is 307 g/mol. The fourth-order valence-corrected chi connectivity index (χ4v) is 2.24. The van der Waals surface area contributed by atoms with E-state index >= 15 is 0 Å². The number of hydrogen-bond donors (Lipinski definition) is 2. The van der Waals surface area contributed by atoms with Gasteiger partial charge in [0.25, 0.3) is 0 Å². The van der Waals surface area contributed by atoms with Crippen molar-refractivity contribution in [2.75, 3.05) is 26.3 Å². The Hall–Kier alpha value is -1.49. The average Bonchev–Trinajstić information content (AvgIpc) is 3.17. The van der Waals surface area contributed by atoms with Gasteiger partial charge in [-0.3, -0.25) is 4.99 Å². The van der Waals surface area contributed by atoms with Crippen molar-refractivity contribution in [3.63, 3.8) is 0 Å². The lowest BCUT2D eigenvalue weighted by atomic mass is 10.1. The van der Waals surface area contributed by atoms with Crippen LogP contribution >= 0.6 is 0 Å². The van der Waals surface area contributed by atoms with Crippen molar-refractivity contribution in [3.8, 4) is 0 Å². The number of nitrogens with zero attached hydrogens (tertiary/aromatic N) is 1. The SMILES string of the molecule is CC(C)C(C)NC(=NCC1CCOC1)NCCc1ccco1. The molecule has 2 heterocycles. The molecule has 5 heteroatoms. The van der Waals surface area contributed by atoms with E-state index in [9.17, 15) is 0 Å². The Morgan fingerprint density at radius 3 is 2.91 bits per heavy atom. The van der Waals surface area contributed by atoms with Crippen LogP contribution in [-0.4, -0.2) is 38.3 Å². The molecule has 0 saturated carbocycles. The lowest BCUT2D eigenvalue weighted by Gasteiger charge is -2.21. The fourth-order valence-electron chi connectivity index (χ4n) is 2.24. The highest BCUT2D eigenvalue weighted by molar-refractivity contribution is 5.80. The maximum atomic E-state index is 5.42. The molecule has 0 aliphatic carbocycles. The molecule has 0 spiro atoms. The third-order valence-corrected chi connectivity index (χ3v) is 4.14. The van der Waals surface area contributed by atoms with Gasteiger partial charge in [-0.25, -0.2) is 0 Å². The minimum atomic E-state index is 0.384. The van der Waals surface area contributed by atoms with Crippen molar-refractivity contribution in [3.05, 3.63) is 24.2 Å². The summed E-state index contributed by atoms with van der Waals surface area (Å²) in [6.07, 6.45) is 3.68. The molecule has 2 rings (SSSR count). The standard InChI is InChI=1S/C17H29N3O2/c1-13(2)14(3)20-17(19-11-15-7-10-21-12-15)18-8-6-16-5-4-9-22-16/h4-5,9,13-15H,6-8,10-12H2,1-3H3,(H2,18,19,20). The van der Waals surface area contributed by atoms with E-state index in [1.54, 1.807) is 6.26 Å². The van der Waals surface area contributed by atoms with Crippen LogP contribution in [0.25, 0.3) is 0 Å². The molecule has 0 amide bonds. The zero-order valence-corrected chi connectivity index (χ0v) is 14.0. The fraction of sp³-hybridized carbons (Fsp3) is 0.706. The molecule has 22 heavy (non-hydrogen) atoms. The van der Waals surface area contributed by atoms with Crippen LogP contribution in [0.15, 0.2) is 27.8 Å². The second-order valence-electron chi connectivity index (χ2n) is 6.35. The maximum absolute atomic E-state index is 5.42. The smallest absolute Gasteiger partial charge is 0.191 e. The average molecular weight is 307 g/mol. The summed E-state index contributed by atoms with van der Waals surface area (Å²) in [5, 5.41) is 6.89. The largest absolute Gasteiger partial charge is 0.469 e. The summed E-state index contributed by atoms with van der Waals surface area (Å²) in [6, 6.07) is 4.30. The highest BCUT2D eigenvalue weighted by Crippen LogP contribution is 2.12. The van der Waals surface area contributed by atoms with Gasteiger partial charge >= 0.3 is 0 Å². The predicted molar refractivity (Wildman–Crippen MR) is 89.1 cm³/mol. The predicted octanol–water partition coefficient (Wildman–Crippen LogP) is 2.44. The van der Waals surface area contributed by atoms with Crippen molar-refractivity contribution < 1.29 is 9.15 Å². The van der Waals surface area contributed by atoms with Crippen LogP contribution < -0.4 is 10.6 Å². The summed E-state index contributed by atoms with van der Waals surface area (Å²) in [5.74, 6) is 3.00. The summed E-state index contributed by atoms with van der Waals surface area (Å²) in [5.41, 5.74) is 0. The molecule has 1 aliphatic heterocycles. The maximum Gasteiger partial charge on any atom is 0.191 e. The first-order valence-electron chi connectivity index (χ1n) is 8.30. The molecule has 2 unspecified atom stereocenters. The molecule has 1 aromatic rings. The Kier molecular flexibility index (Phi) is 6.77. The van der Waals surface area contributed by atoms with E-state index in [0.717, 1.165) is 50.9 Å². The van der Waals surface area contributed by atoms with Crippen LogP contribution in [0.5, 0.6) is 0 Å². The molecule has 1 aromatic heterocycles. The molecule has 0 radical (unpaired) electrons. The van der Waals surface area contributed by atoms with E-state index in [1.807, 2.05) is 12.1 Å². The van der Waals surface area contributed by atoms with Crippen LogP contribution in [0.4, 0.5) is 0 Å². The lowest BCUT2D eigenvalue weighted by molar-refractivity contribution is 0.187. The Labute approximate surface area is 133 Å². The molecule has 2 atom stereocenters. The number of ether oxygens (including phenoxy) is 1. The number of nitrogens with one attached hydrogen (secondary N) is 2. The number of rotatable bonds is 7. The summed E-state index contributed by atoms with van der Waals surface area (Å²) >= 11 is 0. The van der Waals surface area contributed by atoms with Gasteiger partial charge in [-0.15, -0.1) is 0 Å². The molecule has 1 aliphatic rings. The van der Waals surface area contributed by atoms with Gasteiger partial charge in [-0.1, -0.05) is 13.8 Å².